The molecule has 7 heteroatoms. The number of benzene rings is 2. The summed E-state index contributed by atoms with van der Waals surface area (Å²) in [7, 11) is 0. The number of halogens is 1. The van der Waals surface area contributed by atoms with Gasteiger partial charge in [0.15, 0.2) is 0 Å². The first kappa shape index (κ1) is 23.6. The third-order valence-corrected chi connectivity index (χ3v) is 5.71. The van der Waals surface area contributed by atoms with Crippen molar-refractivity contribution in [3.63, 3.8) is 0 Å². The van der Waals surface area contributed by atoms with Gasteiger partial charge in [0.25, 0.3) is 0 Å². The summed E-state index contributed by atoms with van der Waals surface area (Å²) < 4.78 is 8.50. The van der Waals surface area contributed by atoms with Crippen molar-refractivity contribution in [3.8, 4) is 0 Å². The molecule has 0 saturated carbocycles. The van der Waals surface area contributed by atoms with E-state index in [0.717, 1.165) is 0 Å². The van der Waals surface area contributed by atoms with Crippen LogP contribution in [0.4, 0.5) is 0 Å². The topological polar surface area (TPSA) is 89.9 Å². The number of esters is 2. The highest BCUT2D eigenvalue weighted by Gasteiger charge is 2.56. The summed E-state index contributed by atoms with van der Waals surface area (Å²) >= 11 is 3.13. The first-order chi connectivity index (χ1) is 14.2. The Bertz CT molecular complexity index is 795. The normalized spacial score (nSPS) is 12.3. The Hall–Kier alpha value is -2.67. The number of carboxylic acid groups (broad SMARTS) is 1. The molecule has 0 aromatic heterocycles. The lowest BCUT2D eigenvalue weighted by molar-refractivity contribution is -0.168. The Balaban J connectivity index is 2.26. The average Bonchev–Trinajstić information content (AvgIpc) is 2.74. The van der Waals surface area contributed by atoms with Gasteiger partial charge in [-0.2, -0.15) is 0 Å². The summed E-state index contributed by atoms with van der Waals surface area (Å²) in [6, 6.07) is 17.9. The van der Waals surface area contributed by atoms with Gasteiger partial charge < -0.3 is 14.6 Å². The predicted octanol–water partition coefficient (Wildman–Crippen LogP) is 4.35. The van der Waals surface area contributed by atoms with Gasteiger partial charge in [-0.3, -0.25) is 4.79 Å². The number of aliphatic carboxylic acids is 1. The minimum Gasteiger partial charge on any atom is -0.481 e. The highest BCUT2D eigenvalue weighted by Crippen LogP contribution is 2.36. The number of rotatable bonds is 10. The van der Waals surface area contributed by atoms with Gasteiger partial charge in [-0.05, 0) is 23.5 Å². The van der Waals surface area contributed by atoms with E-state index in [1.165, 1.54) is 0 Å². The van der Waals surface area contributed by atoms with E-state index >= 15 is 0 Å². The van der Waals surface area contributed by atoms with Gasteiger partial charge in [0.1, 0.15) is 13.2 Å². The predicted molar refractivity (Wildman–Crippen MR) is 115 cm³/mol. The van der Waals surface area contributed by atoms with Crippen LogP contribution in [0, 0.1) is 11.8 Å². The number of hydrogen-bond donors (Lipinski definition) is 1. The first-order valence-electron chi connectivity index (χ1n) is 9.59. The molecule has 2 aromatic rings. The van der Waals surface area contributed by atoms with Crippen LogP contribution in [0.2, 0.25) is 0 Å². The molecule has 6 nitrogen and oxygen atoms in total. The lowest BCUT2D eigenvalue weighted by Crippen LogP contribution is -2.52. The third kappa shape index (κ3) is 6.16. The largest absolute Gasteiger partial charge is 0.481 e. The monoisotopic (exact) mass is 476 g/mol. The van der Waals surface area contributed by atoms with Crippen molar-refractivity contribution in [2.75, 3.05) is 0 Å². The molecule has 1 atom stereocenters. The van der Waals surface area contributed by atoms with Crippen molar-refractivity contribution in [3.05, 3.63) is 71.8 Å². The Morgan fingerprint density at radius 2 is 1.27 bits per heavy atom. The van der Waals surface area contributed by atoms with Crippen LogP contribution in [-0.2, 0) is 37.1 Å². The molecule has 2 rings (SSSR count). The van der Waals surface area contributed by atoms with Gasteiger partial charge >= 0.3 is 17.9 Å². The van der Waals surface area contributed by atoms with Crippen molar-refractivity contribution in [2.24, 2.45) is 11.8 Å². The number of carbonyl (C=O) groups is 3. The molecule has 1 N–H and O–H groups in total. The number of hydrogen-bond acceptors (Lipinski definition) is 5. The smallest absolute Gasteiger partial charge is 0.335 e. The molecule has 0 aliphatic rings. The second-order valence-electron chi connectivity index (χ2n) is 7.36. The first-order valence-corrected chi connectivity index (χ1v) is 10.4. The van der Waals surface area contributed by atoms with E-state index < -0.39 is 28.2 Å². The number of carboxylic acids is 1. The van der Waals surface area contributed by atoms with Crippen LogP contribution in [0.1, 0.15) is 31.4 Å². The van der Waals surface area contributed by atoms with E-state index in [2.05, 4.69) is 15.9 Å². The Kier molecular flexibility index (Phi) is 8.59. The van der Waals surface area contributed by atoms with E-state index in [-0.39, 0.29) is 25.6 Å². The minimum absolute atomic E-state index is 0.0770. The van der Waals surface area contributed by atoms with Gasteiger partial charge in [0.2, 0.25) is 4.32 Å². The summed E-state index contributed by atoms with van der Waals surface area (Å²) in [5.41, 5.74) is 1.43. The molecule has 0 radical (unpaired) electrons. The Morgan fingerprint density at radius 1 is 0.867 bits per heavy atom. The minimum atomic E-state index is -2.16. The summed E-state index contributed by atoms with van der Waals surface area (Å²) in [4.78, 5) is 38.0. The molecule has 30 heavy (non-hydrogen) atoms. The number of carbonyl (C=O) groups excluding carboxylic acids is 2. The average molecular weight is 477 g/mol. The van der Waals surface area contributed by atoms with Crippen LogP contribution < -0.4 is 0 Å². The van der Waals surface area contributed by atoms with Crippen LogP contribution in [-0.4, -0.2) is 27.3 Å². The van der Waals surface area contributed by atoms with Gasteiger partial charge in [-0.25, -0.2) is 9.59 Å². The van der Waals surface area contributed by atoms with Gasteiger partial charge in [0, 0.05) is 0 Å². The summed E-state index contributed by atoms with van der Waals surface area (Å²) in [5.74, 6) is -4.69. The Morgan fingerprint density at radius 3 is 1.60 bits per heavy atom. The molecule has 0 unspecified atom stereocenters. The molecule has 0 bridgehead atoms. The van der Waals surface area contributed by atoms with Crippen molar-refractivity contribution >= 4 is 33.8 Å². The molecule has 0 saturated heterocycles. The molecule has 160 valence electrons. The van der Waals surface area contributed by atoms with E-state index in [4.69, 9.17) is 9.47 Å². The fourth-order valence-corrected chi connectivity index (χ4v) is 3.54. The molecule has 2 aromatic carbocycles. The van der Waals surface area contributed by atoms with Crippen LogP contribution in [0.25, 0.3) is 0 Å². The summed E-state index contributed by atoms with van der Waals surface area (Å²) in [6.07, 6.45) is 0.0848. The zero-order chi connectivity index (χ0) is 22.1. The quantitative estimate of drug-likeness (QED) is 0.311. The van der Waals surface area contributed by atoms with Crippen molar-refractivity contribution in [1.29, 1.82) is 0 Å². The molecule has 0 amide bonds. The third-order valence-electron chi connectivity index (χ3n) is 4.51. The maximum absolute atomic E-state index is 13.0. The van der Waals surface area contributed by atoms with E-state index in [9.17, 15) is 19.5 Å². The number of alkyl halides is 1. The van der Waals surface area contributed by atoms with Gasteiger partial charge in [-0.1, -0.05) is 90.4 Å². The van der Waals surface area contributed by atoms with Crippen molar-refractivity contribution < 1.29 is 29.0 Å². The summed E-state index contributed by atoms with van der Waals surface area (Å²) in [5, 5.41) is 9.78. The molecule has 0 spiro atoms. The van der Waals surface area contributed by atoms with Crippen LogP contribution in [0.15, 0.2) is 60.7 Å². The molecule has 0 fully saturated rings. The van der Waals surface area contributed by atoms with Gasteiger partial charge in [0.05, 0.1) is 5.92 Å². The second-order valence-corrected chi connectivity index (χ2v) is 8.61. The fourth-order valence-electron chi connectivity index (χ4n) is 2.93. The zero-order valence-corrected chi connectivity index (χ0v) is 18.5. The Labute approximate surface area is 184 Å². The van der Waals surface area contributed by atoms with Crippen LogP contribution in [0.5, 0.6) is 0 Å². The van der Waals surface area contributed by atoms with Crippen LogP contribution >= 0.6 is 15.9 Å². The molecular weight excluding hydrogens is 452 g/mol. The number of ether oxygens (including phenoxy) is 2. The lowest BCUT2D eigenvalue weighted by atomic mass is 9.85. The summed E-state index contributed by atoms with van der Waals surface area (Å²) in [6.45, 7) is 3.45. The molecular formula is C23H25BrO6. The zero-order valence-electron chi connectivity index (χ0n) is 16.9. The molecule has 0 aliphatic heterocycles. The van der Waals surface area contributed by atoms with E-state index in [1.807, 2.05) is 26.0 Å². The highest BCUT2D eigenvalue weighted by molar-refractivity contribution is 9.10. The van der Waals surface area contributed by atoms with Crippen molar-refractivity contribution in [2.45, 2.75) is 37.8 Å². The maximum atomic E-state index is 13.0. The van der Waals surface area contributed by atoms with Crippen molar-refractivity contribution in [1.82, 2.24) is 0 Å². The SMILES string of the molecule is CC(C)C[C@@H](C(=O)O)C(Br)(C(=O)OCc1ccccc1)C(=O)OCc1ccccc1. The fraction of sp³-hybridized carbons (Fsp3) is 0.348. The van der Waals surface area contributed by atoms with Gasteiger partial charge in [-0.15, -0.1) is 0 Å². The standard InChI is InChI=1S/C23H25BrO6/c1-16(2)13-19(20(25)26)23(24,21(27)29-14-17-9-5-3-6-10-17)22(28)30-15-18-11-7-4-8-12-18/h3-12,16,19H,13-15H2,1-2H3,(H,25,26)/t19-/m0/s1. The van der Waals surface area contributed by atoms with Crippen LogP contribution in [0.3, 0.4) is 0 Å². The second kappa shape index (κ2) is 10.9. The lowest BCUT2D eigenvalue weighted by Gasteiger charge is -2.30. The maximum Gasteiger partial charge on any atom is 0.335 e. The molecule has 0 heterocycles. The highest BCUT2D eigenvalue weighted by atomic mass is 79.9. The van der Waals surface area contributed by atoms with E-state index in [0.29, 0.717) is 11.1 Å². The van der Waals surface area contributed by atoms with E-state index in [1.54, 1.807) is 48.5 Å². The molecule has 0 aliphatic carbocycles.